The van der Waals surface area contributed by atoms with E-state index in [1.54, 1.807) is 26.0 Å². The van der Waals surface area contributed by atoms with Crippen molar-refractivity contribution in [2.45, 2.75) is 37.8 Å². The first-order chi connectivity index (χ1) is 9.73. The highest BCUT2D eigenvalue weighted by molar-refractivity contribution is 7.89. The topological polar surface area (TPSA) is 77.9 Å². The number of aryl methyl sites for hydroxylation is 1. The van der Waals surface area contributed by atoms with Gasteiger partial charge >= 0.3 is 6.03 Å². The first-order valence-electron chi connectivity index (χ1n) is 6.81. The largest absolute Gasteiger partial charge is 0.392 e. The van der Waals surface area contributed by atoms with Gasteiger partial charge in [-0.2, -0.15) is 0 Å². The van der Waals surface area contributed by atoms with E-state index in [4.69, 9.17) is 0 Å². The summed E-state index contributed by atoms with van der Waals surface area (Å²) < 4.78 is 26.0. The second kappa shape index (κ2) is 5.65. The van der Waals surface area contributed by atoms with Crippen LogP contribution in [0.2, 0.25) is 0 Å². The van der Waals surface area contributed by atoms with Crippen LogP contribution in [0.5, 0.6) is 0 Å². The molecular weight excluding hydrogens is 292 g/mol. The highest BCUT2D eigenvalue weighted by Gasteiger charge is 2.42. The van der Waals surface area contributed by atoms with Gasteiger partial charge in [-0.3, -0.25) is 0 Å². The van der Waals surface area contributed by atoms with Crippen molar-refractivity contribution in [1.29, 1.82) is 0 Å². The number of hydrogen-bond acceptors (Lipinski definition) is 4. The molecule has 0 radical (unpaired) electrons. The predicted octanol–water partition coefficient (Wildman–Crippen LogP) is 1.19. The quantitative estimate of drug-likeness (QED) is 0.906. The van der Waals surface area contributed by atoms with Crippen LogP contribution in [-0.2, 0) is 10.0 Å². The van der Waals surface area contributed by atoms with E-state index in [-0.39, 0.29) is 24.0 Å². The van der Waals surface area contributed by atoms with Gasteiger partial charge in [0.25, 0.3) is 10.0 Å². The minimum atomic E-state index is -3.85. The highest BCUT2D eigenvalue weighted by Crippen LogP contribution is 2.24. The molecular formula is C14H20N2O4S. The summed E-state index contributed by atoms with van der Waals surface area (Å²) in [4.78, 5) is 13.8. The summed E-state index contributed by atoms with van der Waals surface area (Å²) in [6.07, 6.45) is -0.696. The van der Waals surface area contributed by atoms with Crippen LogP contribution in [0.3, 0.4) is 0 Å². The summed E-state index contributed by atoms with van der Waals surface area (Å²) in [7, 11) is -3.85. The van der Waals surface area contributed by atoms with Crippen LogP contribution in [0.4, 0.5) is 4.79 Å². The van der Waals surface area contributed by atoms with Gasteiger partial charge in [-0.25, -0.2) is 17.5 Å². The van der Waals surface area contributed by atoms with E-state index in [0.717, 1.165) is 9.87 Å². The number of carbonyl (C=O) groups is 1. The van der Waals surface area contributed by atoms with Crippen LogP contribution in [-0.4, -0.2) is 54.0 Å². The third-order valence-corrected chi connectivity index (χ3v) is 5.24. The van der Waals surface area contributed by atoms with Crippen molar-refractivity contribution >= 4 is 16.1 Å². The Hall–Kier alpha value is -1.60. The first kappa shape index (κ1) is 15.8. The molecule has 0 bridgehead atoms. The summed E-state index contributed by atoms with van der Waals surface area (Å²) >= 11 is 0. The van der Waals surface area contributed by atoms with Gasteiger partial charge < -0.3 is 10.0 Å². The molecule has 2 unspecified atom stereocenters. The van der Waals surface area contributed by atoms with Crippen molar-refractivity contribution in [3.05, 3.63) is 29.8 Å². The maximum absolute atomic E-state index is 12.5. The molecule has 6 nitrogen and oxygen atoms in total. The van der Waals surface area contributed by atoms with Gasteiger partial charge in [0.1, 0.15) is 0 Å². The average molecular weight is 312 g/mol. The molecule has 0 aliphatic carbocycles. The fourth-order valence-corrected chi connectivity index (χ4v) is 3.79. The lowest BCUT2D eigenvalue weighted by atomic mass is 10.2. The minimum absolute atomic E-state index is 0.0990. The fraction of sp³-hybridized carbons (Fsp3) is 0.500. The van der Waals surface area contributed by atoms with Crippen molar-refractivity contribution in [2.24, 2.45) is 0 Å². The lowest BCUT2D eigenvalue weighted by molar-refractivity contribution is 0.131. The van der Waals surface area contributed by atoms with Crippen molar-refractivity contribution in [2.75, 3.05) is 13.1 Å². The van der Waals surface area contributed by atoms with Crippen LogP contribution in [0, 0.1) is 6.92 Å². The van der Waals surface area contributed by atoms with Crippen molar-refractivity contribution < 1.29 is 18.3 Å². The van der Waals surface area contributed by atoms with Crippen molar-refractivity contribution in [3.63, 3.8) is 0 Å². The Balaban J connectivity index is 2.29. The second-order valence-corrected chi connectivity index (χ2v) is 7.34. The Kier molecular flexibility index (Phi) is 4.25. The number of urea groups is 1. The summed E-state index contributed by atoms with van der Waals surface area (Å²) in [5.41, 5.74) is 0.950. The number of aliphatic hydroxyl groups is 1. The molecule has 2 rings (SSSR count). The normalized spacial score (nSPS) is 21.0. The van der Waals surface area contributed by atoms with E-state index in [2.05, 4.69) is 0 Å². The molecule has 0 spiro atoms. The van der Waals surface area contributed by atoms with Gasteiger partial charge in [0.2, 0.25) is 0 Å². The van der Waals surface area contributed by atoms with Gasteiger partial charge in [0, 0.05) is 12.6 Å². The number of rotatable bonds is 4. The Morgan fingerprint density at radius 2 is 1.90 bits per heavy atom. The first-order valence-corrected chi connectivity index (χ1v) is 8.25. The number of sulfonamides is 1. The zero-order valence-electron chi connectivity index (χ0n) is 12.4. The summed E-state index contributed by atoms with van der Waals surface area (Å²) in [6, 6.07) is 5.56. The third kappa shape index (κ3) is 3.03. The lowest BCUT2D eigenvalue weighted by Gasteiger charge is -2.21. The molecule has 1 fully saturated rings. The molecule has 0 saturated carbocycles. The molecule has 2 atom stereocenters. The summed E-state index contributed by atoms with van der Waals surface area (Å²) in [6.45, 7) is 5.42. The second-order valence-electron chi connectivity index (χ2n) is 5.48. The fourth-order valence-electron chi connectivity index (χ4n) is 2.33. The van der Waals surface area contributed by atoms with E-state index < -0.39 is 22.2 Å². The Morgan fingerprint density at radius 3 is 2.43 bits per heavy atom. The molecule has 1 aromatic rings. The molecule has 1 aliphatic heterocycles. The molecule has 1 heterocycles. The van der Waals surface area contributed by atoms with Crippen LogP contribution < -0.4 is 0 Å². The third-order valence-electron chi connectivity index (χ3n) is 3.49. The monoisotopic (exact) mass is 312 g/mol. The van der Waals surface area contributed by atoms with Gasteiger partial charge in [-0.05, 0) is 32.9 Å². The van der Waals surface area contributed by atoms with Crippen LogP contribution >= 0.6 is 0 Å². The summed E-state index contributed by atoms with van der Waals surface area (Å²) in [5, 5.41) is 9.42. The summed E-state index contributed by atoms with van der Waals surface area (Å²) in [5.74, 6) is 0. The minimum Gasteiger partial charge on any atom is -0.392 e. The van der Waals surface area contributed by atoms with E-state index in [9.17, 15) is 18.3 Å². The molecule has 1 aromatic carbocycles. The maximum Gasteiger partial charge on any atom is 0.334 e. The molecule has 1 N–H and O–H groups in total. The van der Waals surface area contributed by atoms with Gasteiger partial charge in [-0.1, -0.05) is 17.7 Å². The smallest absolute Gasteiger partial charge is 0.334 e. The van der Waals surface area contributed by atoms with Crippen LogP contribution in [0.15, 0.2) is 29.2 Å². The molecule has 2 amide bonds. The van der Waals surface area contributed by atoms with Gasteiger partial charge in [0.05, 0.1) is 17.5 Å². The van der Waals surface area contributed by atoms with Gasteiger partial charge in [0.15, 0.2) is 0 Å². The SMILES string of the molecule is Cc1ccc(S(=O)(=O)N2CC(C)N(CC(C)O)C2=O)cc1. The number of benzene rings is 1. The average Bonchev–Trinajstić information content (AvgIpc) is 2.67. The van der Waals surface area contributed by atoms with Crippen LogP contribution in [0.25, 0.3) is 0 Å². The van der Waals surface area contributed by atoms with Crippen molar-refractivity contribution in [1.82, 2.24) is 9.21 Å². The number of carbonyl (C=O) groups excluding carboxylic acids is 1. The number of hydrogen-bond donors (Lipinski definition) is 1. The Bertz CT molecular complexity index is 625. The predicted molar refractivity (Wildman–Crippen MR) is 78.3 cm³/mol. The molecule has 0 aromatic heterocycles. The standard InChI is InChI=1S/C14H20N2O4S/c1-10-4-6-13(7-5-10)21(19,20)16-8-11(2)15(14(16)18)9-12(3)17/h4-7,11-12,17H,8-9H2,1-3H3. The highest BCUT2D eigenvalue weighted by atomic mass is 32.2. The molecule has 116 valence electrons. The van der Waals surface area contributed by atoms with Crippen molar-refractivity contribution in [3.8, 4) is 0 Å². The number of aliphatic hydroxyl groups excluding tert-OH is 1. The van der Waals surface area contributed by atoms with Crippen LogP contribution in [0.1, 0.15) is 19.4 Å². The van der Waals surface area contributed by atoms with E-state index in [1.165, 1.54) is 17.0 Å². The Morgan fingerprint density at radius 1 is 1.33 bits per heavy atom. The Labute approximate surface area is 125 Å². The van der Waals surface area contributed by atoms with E-state index >= 15 is 0 Å². The number of β-amino-alcohol motifs (C(OH)–C–C–N with tert-alkyl or cyclic N) is 1. The lowest BCUT2D eigenvalue weighted by Crippen LogP contribution is -2.40. The zero-order chi connectivity index (χ0) is 15.8. The molecule has 7 heteroatoms. The molecule has 1 aliphatic rings. The van der Waals surface area contributed by atoms with E-state index in [0.29, 0.717) is 0 Å². The zero-order valence-corrected chi connectivity index (χ0v) is 13.2. The number of amides is 2. The van der Waals surface area contributed by atoms with E-state index in [1.807, 2.05) is 6.92 Å². The van der Waals surface area contributed by atoms with Gasteiger partial charge in [-0.15, -0.1) is 0 Å². The number of nitrogens with zero attached hydrogens (tertiary/aromatic N) is 2. The maximum atomic E-state index is 12.5. The molecule has 1 saturated heterocycles. The molecule has 21 heavy (non-hydrogen) atoms.